The van der Waals surface area contributed by atoms with Crippen LogP contribution in [-0.4, -0.2) is 31.1 Å². The molecule has 0 aromatic carbocycles. The monoisotopic (exact) mass is 256 g/mol. The molecule has 100 valence electrons. The lowest BCUT2D eigenvalue weighted by Crippen LogP contribution is -2.34. The smallest absolute Gasteiger partial charge is 0.332 e. The Bertz CT molecular complexity index is 269. The first kappa shape index (κ1) is 15.7. The first-order valence-corrected chi connectivity index (χ1v) is 5.01. The lowest BCUT2D eigenvalue weighted by Gasteiger charge is -2.10. The van der Waals surface area contributed by atoms with E-state index >= 15 is 0 Å². The van der Waals surface area contributed by atoms with Crippen molar-refractivity contribution in [2.24, 2.45) is 0 Å². The largest absolute Gasteiger partial charge is 0.493 e. The van der Waals surface area contributed by atoms with Gasteiger partial charge in [0.25, 0.3) is 5.91 Å². The van der Waals surface area contributed by atoms with Gasteiger partial charge in [0.05, 0.1) is 0 Å². The summed E-state index contributed by atoms with van der Waals surface area (Å²) >= 11 is 0. The van der Waals surface area contributed by atoms with E-state index < -0.39 is 18.1 Å². The second-order valence-electron chi connectivity index (χ2n) is 3.49. The molecule has 0 aliphatic rings. The Kier molecular flexibility index (Phi) is 6.55. The van der Waals surface area contributed by atoms with Crippen LogP contribution >= 0.6 is 0 Å². The summed E-state index contributed by atoms with van der Waals surface area (Å²) in [5.41, 5.74) is 1.45. The van der Waals surface area contributed by atoms with E-state index in [0.29, 0.717) is 12.8 Å². The van der Waals surface area contributed by atoms with Crippen molar-refractivity contribution in [1.29, 1.82) is 0 Å². The van der Waals surface area contributed by atoms with Crippen LogP contribution in [0.4, 0.5) is 13.2 Å². The van der Waals surface area contributed by atoms with Crippen LogP contribution in [0.3, 0.4) is 0 Å². The molecule has 0 saturated heterocycles. The molecule has 2 N–H and O–H groups in total. The molecule has 8 heteroatoms. The van der Waals surface area contributed by atoms with Crippen LogP contribution in [-0.2, 0) is 14.4 Å². The molecule has 0 radical (unpaired) electrons. The van der Waals surface area contributed by atoms with E-state index in [1.165, 1.54) is 5.48 Å². The number of hydrogen-bond donors (Lipinski definition) is 2. The van der Waals surface area contributed by atoms with E-state index in [9.17, 15) is 22.8 Å². The maximum atomic E-state index is 11.7. The first-order chi connectivity index (χ1) is 7.77. The zero-order valence-corrected chi connectivity index (χ0v) is 9.56. The fourth-order valence-electron chi connectivity index (χ4n) is 0.925. The Morgan fingerprint density at radius 2 is 1.94 bits per heavy atom. The molecular formula is C9H15F3N2O3. The van der Waals surface area contributed by atoms with Crippen molar-refractivity contribution in [1.82, 2.24) is 10.8 Å². The molecule has 0 aromatic rings. The van der Waals surface area contributed by atoms with Crippen LogP contribution in [0.5, 0.6) is 0 Å². The van der Waals surface area contributed by atoms with Crippen molar-refractivity contribution >= 4 is 11.9 Å². The second-order valence-corrected chi connectivity index (χ2v) is 3.49. The fourth-order valence-corrected chi connectivity index (χ4v) is 0.925. The normalized spacial score (nSPS) is 13.0. The molecular weight excluding hydrogens is 241 g/mol. The van der Waals surface area contributed by atoms with E-state index in [-0.39, 0.29) is 12.5 Å². The molecule has 0 aliphatic heterocycles. The molecule has 0 rings (SSSR count). The molecule has 0 heterocycles. The minimum atomic E-state index is -5.10. The van der Waals surface area contributed by atoms with Gasteiger partial charge in [-0.15, -0.1) is 0 Å². The van der Waals surface area contributed by atoms with Crippen LogP contribution in [0, 0.1) is 0 Å². The zero-order chi connectivity index (χ0) is 13.5. The van der Waals surface area contributed by atoms with Crippen molar-refractivity contribution in [3.05, 3.63) is 0 Å². The van der Waals surface area contributed by atoms with Gasteiger partial charge in [0.15, 0.2) is 0 Å². The molecule has 0 aromatic heterocycles. The minimum Gasteiger partial charge on any atom is -0.332 e. The Labute approximate surface area is 96.6 Å². The molecule has 0 bridgehead atoms. The van der Waals surface area contributed by atoms with Crippen LogP contribution in [0.25, 0.3) is 0 Å². The third-order valence-corrected chi connectivity index (χ3v) is 2.02. The molecule has 17 heavy (non-hydrogen) atoms. The van der Waals surface area contributed by atoms with Gasteiger partial charge in [0.1, 0.15) is 0 Å². The number of nitrogens with one attached hydrogen (secondary N) is 2. The molecule has 0 saturated carbocycles. The van der Waals surface area contributed by atoms with Crippen molar-refractivity contribution in [2.45, 2.75) is 38.4 Å². The molecule has 0 aliphatic carbocycles. The third-order valence-electron chi connectivity index (χ3n) is 2.02. The Balaban J connectivity index is 3.71. The maximum absolute atomic E-state index is 11.7. The van der Waals surface area contributed by atoms with Gasteiger partial charge in [-0.2, -0.15) is 18.7 Å². The summed E-state index contributed by atoms with van der Waals surface area (Å²) in [5.74, 6) is -3.19. The topological polar surface area (TPSA) is 67.4 Å². The van der Waals surface area contributed by atoms with Gasteiger partial charge < -0.3 is 10.2 Å². The number of halogens is 3. The van der Waals surface area contributed by atoms with Gasteiger partial charge in [-0.1, -0.05) is 0 Å². The van der Waals surface area contributed by atoms with E-state index in [0.717, 1.165) is 0 Å². The standard InChI is InChI=1S/C9H15F3N2O3/c1-6(13-2)4-3-5-7(15)14-17-8(16)9(10,11)12/h6,13H,3-5H2,1-2H3,(H,14,15). The number of alkyl halides is 3. The summed E-state index contributed by atoms with van der Waals surface area (Å²) in [4.78, 5) is 24.8. The highest BCUT2D eigenvalue weighted by Crippen LogP contribution is 2.15. The average Bonchev–Trinajstić information content (AvgIpc) is 2.24. The predicted molar refractivity (Wildman–Crippen MR) is 52.7 cm³/mol. The van der Waals surface area contributed by atoms with Crippen molar-refractivity contribution in [3.8, 4) is 0 Å². The average molecular weight is 256 g/mol. The van der Waals surface area contributed by atoms with Crippen molar-refractivity contribution in [2.75, 3.05) is 7.05 Å². The number of carbonyl (C=O) groups is 2. The van der Waals surface area contributed by atoms with Gasteiger partial charge in [-0.25, -0.2) is 4.79 Å². The van der Waals surface area contributed by atoms with Gasteiger partial charge >= 0.3 is 12.1 Å². The number of carbonyl (C=O) groups excluding carboxylic acids is 2. The Hall–Kier alpha value is -1.31. The van der Waals surface area contributed by atoms with Gasteiger partial charge in [0, 0.05) is 12.5 Å². The number of hydrogen-bond acceptors (Lipinski definition) is 4. The van der Waals surface area contributed by atoms with Gasteiger partial charge in [-0.3, -0.25) is 4.79 Å². The Morgan fingerprint density at radius 1 is 1.35 bits per heavy atom. The molecule has 5 nitrogen and oxygen atoms in total. The molecule has 1 amide bonds. The molecule has 0 fully saturated rings. The summed E-state index contributed by atoms with van der Waals surface area (Å²) < 4.78 is 35.0. The van der Waals surface area contributed by atoms with E-state index in [1.807, 2.05) is 6.92 Å². The number of hydroxylamine groups is 1. The van der Waals surface area contributed by atoms with Gasteiger partial charge in [-0.05, 0) is 26.8 Å². The summed E-state index contributed by atoms with van der Waals surface area (Å²) in [7, 11) is 1.76. The molecule has 0 spiro atoms. The first-order valence-electron chi connectivity index (χ1n) is 5.01. The minimum absolute atomic E-state index is 0.00282. The number of rotatable bonds is 5. The van der Waals surface area contributed by atoms with E-state index in [2.05, 4.69) is 10.2 Å². The van der Waals surface area contributed by atoms with Crippen LogP contribution < -0.4 is 10.8 Å². The zero-order valence-electron chi connectivity index (χ0n) is 9.56. The van der Waals surface area contributed by atoms with E-state index in [1.54, 1.807) is 7.05 Å². The molecule has 1 atom stereocenters. The summed E-state index contributed by atoms with van der Waals surface area (Å²) in [6.07, 6.45) is -3.93. The second kappa shape index (κ2) is 7.10. The Morgan fingerprint density at radius 3 is 2.41 bits per heavy atom. The highest BCUT2D eigenvalue weighted by atomic mass is 19.4. The summed E-state index contributed by atoms with van der Waals surface area (Å²) in [6.45, 7) is 1.90. The predicted octanol–water partition coefficient (Wildman–Crippen LogP) is 0.901. The van der Waals surface area contributed by atoms with Crippen molar-refractivity contribution in [3.63, 3.8) is 0 Å². The van der Waals surface area contributed by atoms with Crippen LogP contribution in [0.1, 0.15) is 26.2 Å². The summed E-state index contributed by atoms with van der Waals surface area (Å²) in [6, 6.07) is 0.209. The lowest BCUT2D eigenvalue weighted by molar-refractivity contribution is -0.207. The molecule has 1 unspecified atom stereocenters. The third kappa shape index (κ3) is 7.56. The van der Waals surface area contributed by atoms with Crippen molar-refractivity contribution < 1.29 is 27.6 Å². The van der Waals surface area contributed by atoms with Gasteiger partial charge in [0.2, 0.25) is 0 Å². The van der Waals surface area contributed by atoms with Crippen LogP contribution in [0.2, 0.25) is 0 Å². The number of amides is 1. The quantitative estimate of drug-likeness (QED) is 0.717. The van der Waals surface area contributed by atoms with E-state index in [4.69, 9.17) is 0 Å². The SMILES string of the molecule is CNC(C)CCCC(=O)NOC(=O)C(F)(F)F. The maximum Gasteiger partial charge on any atom is 0.493 e. The highest BCUT2D eigenvalue weighted by Gasteiger charge is 2.41. The lowest BCUT2D eigenvalue weighted by atomic mass is 10.1. The summed E-state index contributed by atoms with van der Waals surface area (Å²) in [5, 5.41) is 2.94. The van der Waals surface area contributed by atoms with Crippen LogP contribution in [0.15, 0.2) is 0 Å². The fraction of sp³-hybridized carbons (Fsp3) is 0.778. The highest BCUT2D eigenvalue weighted by molar-refractivity contribution is 5.80.